The van der Waals surface area contributed by atoms with Crippen LogP contribution in [0.25, 0.3) is 10.9 Å². The smallest absolute Gasteiger partial charge is 0.0478 e. The Morgan fingerprint density at radius 1 is 1.00 bits per heavy atom. The van der Waals surface area contributed by atoms with Gasteiger partial charge >= 0.3 is 0 Å². The number of para-hydroxylation sites is 1. The molecule has 0 aliphatic heterocycles. The fraction of sp³-hybridized carbons (Fsp3) is 0.579. The fourth-order valence-electron chi connectivity index (χ4n) is 4.38. The third-order valence-electron chi connectivity index (χ3n) is 5.77. The normalized spacial score (nSPS) is 25.5. The molecule has 3 aliphatic rings. The zero-order valence-electron chi connectivity index (χ0n) is 12.6. The molecular weight excluding hydrogens is 256 g/mol. The van der Waals surface area contributed by atoms with E-state index in [1.807, 2.05) is 0 Å². The maximum atomic E-state index is 4.07. The Hall–Kier alpha value is -1.28. The van der Waals surface area contributed by atoms with Crippen LogP contribution in [0.4, 0.5) is 0 Å². The van der Waals surface area contributed by atoms with Crippen LogP contribution in [0.15, 0.2) is 24.3 Å². The van der Waals surface area contributed by atoms with Crippen LogP contribution in [0.1, 0.15) is 55.8 Å². The van der Waals surface area contributed by atoms with Crippen molar-refractivity contribution in [2.24, 2.45) is 11.8 Å². The fourth-order valence-corrected chi connectivity index (χ4v) is 4.38. The van der Waals surface area contributed by atoms with Crippen molar-refractivity contribution in [2.45, 2.75) is 57.0 Å². The van der Waals surface area contributed by atoms with Gasteiger partial charge in [0.15, 0.2) is 0 Å². The van der Waals surface area contributed by atoms with E-state index in [0.717, 1.165) is 17.9 Å². The second-order valence-electron chi connectivity index (χ2n) is 7.37. The largest absolute Gasteiger partial charge is 0.357 e. The summed E-state index contributed by atoms with van der Waals surface area (Å²) in [5.41, 5.74) is 4.40. The summed E-state index contributed by atoms with van der Waals surface area (Å²) in [6.07, 6.45) is 9.71. The lowest BCUT2D eigenvalue weighted by Crippen LogP contribution is -2.37. The molecule has 1 atom stereocenters. The number of hydrogen-bond donors (Lipinski definition) is 2. The number of hydrogen-bond acceptors (Lipinski definition) is 1. The monoisotopic (exact) mass is 280 g/mol. The van der Waals surface area contributed by atoms with Crippen LogP contribution in [0.2, 0.25) is 0 Å². The molecule has 2 saturated carbocycles. The predicted molar refractivity (Wildman–Crippen MR) is 86.3 cm³/mol. The molecule has 21 heavy (non-hydrogen) atoms. The van der Waals surface area contributed by atoms with Gasteiger partial charge in [-0.3, -0.25) is 0 Å². The van der Waals surface area contributed by atoms with Crippen molar-refractivity contribution in [2.75, 3.05) is 0 Å². The second kappa shape index (κ2) is 4.61. The topological polar surface area (TPSA) is 27.8 Å². The molecule has 0 amide bonds. The maximum absolute atomic E-state index is 4.07. The van der Waals surface area contributed by atoms with Crippen molar-refractivity contribution in [1.82, 2.24) is 10.3 Å². The summed E-state index contributed by atoms with van der Waals surface area (Å²) >= 11 is 0. The van der Waals surface area contributed by atoms with Crippen molar-refractivity contribution in [3.05, 3.63) is 35.5 Å². The first-order valence-corrected chi connectivity index (χ1v) is 8.75. The first-order chi connectivity index (χ1) is 10.4. The van der Waals surface area contributed by atoms with Crippen molar-refractivity contribution in [3.8, 4) is 0 Å². The van der Waals surface area contributed by atoms with Crippen LogP contribution >= 0.6 is 0 Å². The summed E-state index contributed by atoms with van der Waals surface area (Å²) < 4.78 is 0. The highest BCUT2D eigenvalue weighted by Crippen LogP contribution is 2.46. The van der Waals surface area contributed by atoms with Crippen LogP contribution in [-0.4, -0.2) is 11.0 Å². The van der Waals surface area contributed by atoms with Crippen LogP contribution in [0, 0.1) is 11.8 Å². The number of H-pyrrole nitrogens is 1. The predicted octanol–water partition coefficient (Wildman–Crippen LogP) is 4.32. The Morgan fingerprint density at radius 3 is 2.52 bits per heavy atom. The van der Waals surface area contributed by atoms with Gasteiger partial charge in [-0.25, -0.2) is 0 Å². The molecule has 0 saturated heterocycles. The molecule has 110 valence electrons. The molecule has 1 heterocycles. The summed E-state index contributed by atoms with van der Waals surface area (Å²) in [7, 11) is 0. The van der Waals surface area contributed by atoms with Gasteiger partial charge in [-0.15, -0.1) is 0 Å². The van der Waals surface area contributed by atoms with Crippen molar-refractivity contribution in [3.63, 3.8) is 0 Å². The molecule has 3 aliphatic carbocycles. The van der Waals surface area contributed by atoms with E-state index in [9.17, 15) is 0 Å². The van der Waals surface area contributed by atoms with E-state index in [0.29, 0.717) is 6.04 Å². The molecule has 2 heteroatoms. The molecule has 1 unspecified atom stereocenters. The molecule has 1 aromatic carbocycles. The Kier molecular flexibility index (Phi) is 2.69. The summed E-state index contributed by atoms with van der Waals surface area (Å²) in [4.78, 5) is 3.73. The average Bonchev–Trinajstić information content (AvgIpc) is 3.41. The van der Waals surface area contributed by atoms with Gasteiger partial charge in [0.05, 0.1) is 0 Å². The molecule has 0 bridgehead atoms. The summed E-state index contributed by atoms with van der Waals surface area (Å²) in [5.74, 6) is 1.96. The summed E-state index contributed by atoms with van der Waals surface area (Å²) in [6.45, 7) is 0. The molecule has 1 aromatic heterocycles. The first kappa shape index (κ1) is 12.3. The van der Waals surface area contributed by atoms with Crippen LogP contribution in [0.3, 0.4) is 0 Å². The molecule has 2 nitrogen and oxygen atoms in total. The van der Waals surface area contributed by atoms with Gasteiger partial charge in [-0.2, -0.15) is 0 Å². The third-order valence-corrected chi connectivity index (χ3v) is 5.77. The minimum Gasteiger partial charge on any atom is -0.357 e. The molecule has 0 radical (unpaired) electrons. The van der Waals surface area contributed by atoms with Gasteiger partial charge in [-0.1, -0.05) is 18.2 Å². The van der Waals surface area contributed by atoms with Crippen LogP contribution in [0.5, 0.6) is 0 Å². The van der Waals surface area contributed by atoms with Crippen LogP contribution in [-0.2, 0) is 6.42 Å². The van der Waals surface area contributed by atoms with E-state index in [1.165, 1.54) is 61.5 Å². The standard InChI is InChI=1S/C19H24N2/c1-2-6-16-14(4-1)15-5-3-7-17(19(15)20-16)21-18(12-8-9-12)13-10-11-13/h1-2,4,6,12-13,17-18,20-21H,3,5,7-11H2. The van der Waals surface area contributed by atoms with E-state index < -0.39 is 0 Å². The van der Waals surface area contributed by atoms with Crippen molar-refractivity contribution in [1.29, 1.82) is 0 Å². The zero-order valence-corrected chi connectivity index (χ0v) is 12.6. The summed E-state index contributed by atoms with van der Waals surface area (Å²) in [5, 5.41) is 5.52. The Bertz CT molecular complexity index is 651. The van der Waals surface area contributed by atoms with Gasteiger partial charge in [0.2, 0.25) is 0 Å². The molecule has 2 fully saturated rings. The highest BCUT2D eigenvalue weighted by Gasteiger charge is 2.42. The maximum Gasteiger partial charge on any atom is 0.0478 e. The van der Waals surface area contributed by atoms with E-state index in [4.69, 9.17) is 0 Å². The quantitative estimate of drug-likeness (QED) is 0.857. The number of benzene rings is 1. The van der Waals surface area contributed by atoms with Gasteiger partial charge in [0, 0.05) is 28.7 Å². The van der Waals surface area contributed by atoms with E-state index in [1.54, 1.807) is 5.56 Å². The van der Waals surface area contributed by atoms with Crippen molar-refractivity contribution >= 4 is 10.9 Å². The average molecular weight is 280 g/mol. The number of rotatable bonds is 4. The zero-order chi connectivity index (χ0) is 13.8. The SMILES string of the molecule is c1ccc2c3c([nH]c2c1)C(NC(C1CC1)C1CC1)CCC3. The number of nitrogens with one attached hydrogen (secondary N) is 2. The van der Waals surface area contributed by atoms with Gasteiger partial charge in [-0.05, 0) is 68.4 Å². The van der Waals surface area contributed by atoms with Gasteiger partial charge in [0.25, 0.3) is 0 Å². The minimum atomic E-state index is 0.562. The van der Waals surface area contributed by atoms with E-state index in [2.05, 4.69) is 34.6 Å². The number of aromatic nitrogens is 1. The van der Waals surface area contributed by atoms with Gasteiger partial charge < -0.3 is 10.3 Å². The molecule has 5 rings (SSSR count). The first-order valence-electron chi connectivity index (χ1n) is 8.75. The molecule has 0 spiro atoms. The van der Waals surface area contributed by atoms with Crippen molar-refractivity contribution < 1.29 is 0 Å². The minimum absolute atomic E-state index is 0.562. The number of aryl methyl sites for hydroxylation is 1. The highest BCUT2D eigenvalue weighted by atomic mass is 15.0. The van der Waals surface area contributed by atoms with Gasteiger partial charge in [0.1, 0.15) is 0 Å². The van der Waals surface area contributed by atoms with Crippen LogP contribution < -0.4 is 5.32 Å². The molecule has 2 aromatic rings. The molecular formula is C19H24N2. The van der Waals surface area contributed by atoms with E-state index in [-0.39, 0.29) is 0 Å². The third kappa shape index (κ3) is 2.12. The lowest BCUT2D eigenvalue weighted by Gasteiger charge is -2.29. The lowest BCUT2D eigenvalue weighted by atomic mass is 9.90. The summed E-state index contributed by atoms with van der Waals surface area (Å²) in [6, 6.07) is 10.2. The van der Waals surface area contributed by atoms with E-state index >= 15 is 0 Å². The number of fused-ring (bicyclic) bond motifs is 3. The second-order valence-corrected chi connectivity index (χ2v) is 7.37. The Balaban J connectivity index is 1.49. The Morgan fingerprint density at radius 2 is 1.76 bits per heavy atom. The lowest BCUT2D eigenvalue weighted by molar-refractivity contribution is 0.337. The highest BCUT2D eigenvalue weighted by molar-refractivity contribution is 5.85. The molecule has 2 N–H and O–H groups in total. The number of aromatic amines is 1. The Labute approximate surface area is 126 Å².